The number of hydrogen-bond acceptors (Lipinski definition) is 2. The Hall–Kier alpha value is -1.13. The molecule has 0 spiro atoms. The Morgan fingerprint density at radius 3 is 2.38 bits per heavy atom. The van der Waals surface area contributed by atoms with E-state index in [4.69, 9.17) is 28.9 Å². The molecular formula is C16H16Cl2FNO. The minimum atomic E-state index is -0.838. The SMILES string of the molecule is Cc1cc(Cl)ccc1C(O)C(CN)c1ccc(F)cc1Cl. The van der Waals surface area contributed by atoms with Crippen LogP contribution < -0.4 is 5.73 Å². The van der Waals surface area contributed by atoms with Gasteiger partial charge in [-0.25, -0.2) is 4.39 Å². The zero-order valence-corrected chi connectivity index (χ0v) is 13.0. The minimum Gasteiger partial charge on any atom is -0.388 e. The van der Waals surface area contributed by atoms with Gasteiger partial charge >= 0.3 is 0 Å². The molecule has 0 aliphatic rings. The first-order valence-corrected chi connectivity index (χ1v) is 7.28. The second-order valence-corrected chi connectivity index (χ2v) is 5.80. The zero-order chi connectivity index (χ0) is 15.6. The summed E-state index contributed by atoms with van der Waals surface area (Å²) in [6, 6.07) is 9.35. The molecule has 2 atom stereocenters. The van der Waals surface area contributed by atoms with Gasteiger partial charge in [-0.3, -0.25) is 0 Å². The maximum atomic E-state index is 13.2. The van der Waals surface area contributed by atoms with Crippen molar-refractivity contribution in [2.75, 3.05) is 6.54 Å². The summed E-state index contributed by atoms with van der Waals surface area (Å²) in [6.45, 7) is 2.05. The molecule has 0 radical (unpaired) electrons. The summed E-state index contributed by atoms with van der Waals surface area (Å²) in [5.74, 6) is -0.838. The van der Waals surface area contributed by atoms with E-state index in [9.17, 15) is 9.50 Å². The number of hydrogen-bond donors (Lipinski definition) is 2. The predicted octanol–water partition coefficient (Wildman–Crippen LogP) is 4.22. The molecule has 0 saturated carbocycles. The van der Waals surface area contributed by atoms with Gasteiger partial charge in [-0.1, -0.05) is 35.3 Å². The Morgan fingerprint density at radius 1 is 1.14 bits per heavy atom. The highest BCUT2D eigenvalue weighted by Gasteiger charge is 2.25. The molecule has 5 heteroatoms. The van der Waals surface area contributed by atoms with Crippen LogP contribution in [0.4, 0.5) is 4.39 Å². The lowest BCUT2D eigenvalue weighted by Crippen LogP contribution is -2.21. The van der Waals surface area contributed by atoms with Crippen LogP contribution in [0, 0.1) is 12.7 Å². The fourth-order valence-corrected chi connectivity index (χ4v) is 2.95. The first-order valence-electron chi connectivity index (χ1n) is 6.53. The van der Waals surface area contributed by atoms with Gasteiger partial charge in [0.05, 0.1) is 6.10 Å². The van der Waals surface area contributed by atoms with Gasteiger partial charge in [-0.15, -0.1) is 0 Å². The highest BCUT2D eigenvalue weighted by molar-refractivity contribution is 6.31. The summed E-state index contributed by atoms with van der Waals surface area (Å²) in [5, 5.41) is 11.5. The number of benzene rings is 2. The largest absolute Gasteiger partial charge is 0.388 e. The summed E-state index contributed by atoms with van der Waals surface area (Å²) in [6.07, 6.45) is -0.838. The summed E-state index contributed by atoms with van der Waals surface area (Å²) >= 11 is 12.0. The lowest BCUT2D eigenvalue weighted by molar-refractivity contribution is 0.147. The summed E-state index contributed by atoms with van der Waals surface area (Å²) in [4.78, 5) is 0. The van der Waals surface area contributed by atoms with E-state index in [0.717, 1.165) is 11.1 Å². The second kappa shape index (κ2) is 6.75. The van der Waals surface area contributed by atoms with Gasteiger partial charge in [0.2, 0.25) is 0 Å². The van der Waals surface area contributed by atoms with E-state index in [1.165, 1.54) is 12.1 Å². The van der Waals surface area contributed by atoms with E-state index in [-0.39, 0.29) is 11.6 Å². The normalized spacial score (nSPS) is 14.0. The molecule has 0 bridgehead atoms. The average Bonchev–Trinajstić information content (AvgIpc) is 2.41. The Labute approximate surface area is 133 Å². The summed E-state index contributed by atoms with van der Waals surface area (Å²) in [5.41, 5.74) is 8.02. The molecule has 0 heterocycles. The first kappa shape index (κ1) is 16.2. The number of nitrogens with two attached hydrogens (primary N) is 1. The quantitative estimate of drug-likeness (QED) is 0.883. The van der Waals surface area contributed by atoms with Crippen LogP contribution in [0.2, 0.25) is 10.0 Å². The van der Waals surface area contributed by atoms with Gasteiger partial charge in [0, 0.05) is 22.5 Å². The van der Waals surface area contributed by atoms with E-state index >= 15 is 0 Å². The molecule has 2 aromatic carbocycles. The van der Waals surface area contributed by atoms with Gasteiger partial charge in [0.25, 0.3) is 0 Å². The molecule has 2 nitrogen and oxygen atoms in total. The Balaban J connectivity index is 2.40. The maximum Gasteiger partial charge on any atom is 0.124 e. The summed E-state index contributed by atoms with van der Waals surface area (Å²) in [7, 11) is 0. The van der Waals surface area contributed by atoms with Gasteiger partial charge in [-0.05, 0) is 47.9 Å². The number of halogens is 3. The molecule has 3 N–H and O–H groups in total. The maximum absolute atomic E-state index is 13.2. The third-order valence-electron chi connectivity index (χ3n) is 3.55. The third kappa shape index (κ3) is 3.55. The van der Waals surface area contributed by atoms with Crippen molar-refractivity contribution >= 4 is 23.2 Å². The fraction of sp³-hybridized carbons (Fsp3) is 0.250. The van der Waals surface area contributed by atoms with Crippen LogP contribution in [0.5, 0.6) is 0 Å². The fourth-order valence-electron chi connectivity index (χ4n) is 2.42. The van der Waals surface area contributed by atoms with Crippen molar-refractivity contribution in [3.05, 3.63) is 69.0 Å². The molecule has 0 aliphatic carbocycles. The molecule has 2 aromatic rings. The lowest BCUT2D eigenvalue weighted by atomic mass is 9.87. The topological polar surface area (TPSA) is 46.2 Å². The molecule has 0 fully saturated rings. The van der Waals surface area contributed by atoms with Crippen molar-refractivity contribution in [2.45, 2.75) is 18.9 Å². The highest BCUT2D eigenvalue weighted by atomic mass is 35.5. The molecule has 0 aromatic heterocycles. The smallest absolute Gasteiger partial charge is 0.124 e. The molecule has 0 aliphatic heterocycles. The van der Waals surface area contributed by atoms with Crippen LogP contribution >= 0.6 is 23.2 Å². The number of aliphatic hydroxyl groups excluding tert-OH is 1. The Bertz CT molecular complexity index is 648. The van der Waals surface area contributed by atoms with Gasteiger partial charge in [0.1, 0.15) is 5.82 Å². The van der Waals surface area contributed by atoms with Crippen LogP contribution in [0.25, 0.3) is 0 Å². The lowest BCUT2D eigenvalue weighted by Gasteiger charge is -2.24. The number of aryl methyl sites for hydroxylation is 1. The van der Waals surface area contributed by atoms with Crippen LogP contribution in [0.15, 0.2) is 36.4 Å². The van der Waals surface area contributed by atoms with Crippen LogP contribution in [0.1, 0.15) is 28.7 Å². The molecule has 21 heavy (non-hydrogen) atoms. The van der Waals surface area contributed by atoms with E-state index in [0.29, 0.717) is 10.6 Å². The van der Waals surface area contributed by atoms with Crippen LogP contribution in [0.3, 0.4) is 0 Å². The Kier molecular flexibility index (Phi) is 5.22. The zero-order valence-electron chi connectivity index (χ0n) is 11.5. The van der Waals surface area contributed by atoms with Crippen LogP contribution in [-0.4, -0.2) is 11.7 Å². The van der Waals surface area contributed by atoms with E-state index < -0.39 is 17.8 Å². The summed E-state index contributed by atoms with van der Waals surface area (Å²) < 4.78 is 13.2. The van der Waals surface area contributed by atoms with E-state index in [1.807, 2.05) is 6.92 Å². The third-order valence-corrected chi connectivity index (χ3v) is 4.11. The van der Waals surface area contributed by atoms with Crippen molar-refractivity contribution in [3.8, 4) is 0 Å². The molecule has 0 amide bonds. The standard InChI is InChI=1S/C16H16Cl2FNO/c1-9-6-10(17)2-4-12(9)16(21)14(8-20)13-5-3-11(19)7-15(13)18/h2-7,14,16,21H,8,20H2,1H3. The minimum absolute atomic E-state index is 0.189. The molecule has 2 unspecified atom stereocenters. The average molecular weight is 328 g/mol. The predicted molar refractivity (Wildman–Crippen MR) is 84.4 cm³/mol. The number of rotatable bonds is 4. The van der Waals surface area contributed by atoms with Crippen molar-refractivity contribution in [3.63, 3.8) is 0 Å². The van der Waals surface area contributed by atoms with Crippen molar-refractivity contribution in [2.24, 2.45) is 5.73 Å². The number of aliphatic hydroxyl groups is 1. The molecule has 112 valence electrons. The Morgan fingerprint density at radius 2 is 1.81 bits per heavy atom. The monoisotopic (exact) mass is 327 g/mol. The van der Waals surface area contributed by atoms with Gasteiger partial charge < -0.3 is 10.8 Å². The van der Waals surface area contributed by atoms with Crippen LogP contribution in [-0.2, 0) is 0 Å². The van der Waals surface area contributed by atoms with Gasteiger partial charge in [-0.2, -0.15) is 0 Å². The molecule has 0 saturated heterocycles. The molecule has 2 rings (SSSR count). The van der Waals surface area contributed by atoms with Crippen molar-refractivity contribution < 1.29 is 9.50 Å². The van der Waals surface area contributed by atoms with Crippen molar-refractivity contribution in [1.29, 1.82) is 0 Å². The second-order valence-electron chi connectivity index (χ2n) is 4.95. The highest BCUT2D eigenvalue weighted by Crippen LogP contribution is 2.36. The van der Waals surface area contributed by atoms with E-state index in [1.54, 1.807) is 24.3 Å². The first-order chi connectivity index (χ1) is 9.93. The molecular weight excluding hydrogens is 312 g/mol. The van der Waals surface area contributed by atoms with E-state index in [2.05, 4.69) is 0 Å². The van der Waals surface area contributed by atoms with Crippen molar-refractivity contribution in [1.82, 2.24) is 0 Å². The van der Waals surface area contributed by atoms with Gasteiger partial charge in [0.15, 0.2) is 0 Å².